The molecule has 0 aliphatic carbocycles. The highest BCUT2D eigenvalue weighted by molar-refractivity contribution is 7.14. The molecule has 0 unspecified atom stereocenters. The number of carbonyl (C=O) groups is 2. The molecule has 22 heavy (non-hydrogen) atoms. The zero-order valence-corrected chi connectivity index (χ0v) is 12.6. The van der Waals surface area contributed by atoms with Gasteiger partial charge in [0.05, 0.1) is 24.0 Å². The van der Waals surface area contributed by atoms with Crippen molar-refractivity contribution in [3.63, 3.8) is 0 Å². The van der Waals surface area contributed by atoms with Gasteiger partial charge in [-0.2, -0.15) is 0 Å². The van der Waals surface area contributed by atoms with E-state index in [1.807, 2.05) is 5.38 Å². The smallest absolute Gasteiger partial charge is 0.230 e. The van der Waals surface area contributed by atoms with Crippen LogP contribution in [0, 0.1) is 0 Å². The first kappa shape index (κ1) is 14.5. The van der Waals surface area contributed by atoms with Gasteiger partial charge in [-0.25, -0.2) is 9.97 Å². The largest absolute Gasteiger partial charge is 0.384 e. The highest BCUT2D eigenvalue weighted by Crippen LogP contribution is 2.25. The number of rotatable bonds is 4. The summed E-state index contributed by atoms with van der Waals surface area (Å²) in [7, 11) is 0. The van der Waals surface area contributed by atoms with Crippen molar-refractivity contribution in [3.05, 3.63) is 29.4 Å². The molecular weight excluding hydrogens is 302 g/mol. The molecule has 0 bridgehead atoms. The molecule has 1 fully saturated rings. The van der Waals surface area contributed by atoms with E-state index in [9.17, 15) is 9.59 Å². The number of carbonyl (C=O) groups excluding carboxylic acids is 2. The van der Waals surface area contributed by atoms with Gasteiger partial charge < -0.3 is 11.1 Å². The topological polar surface area (TPSA) is 101 Å². The van der Waals surface area contributed by atoms with E-state index in [-0.39, 0.29) is 18.2 Å². The standard InChI is InChI=1S/C14H15N5O2S/c15-11-4-3-9(7-16-11)17-12(20)6-10-8-22-14(18-10)19-5-1-2-13(19)21/h3-4,7-8H,1-2,5-6H2,(H2,15,16)(H,17,20). The van der Waals surface area contributed by atoms with Crippen LogP contribution in [-0.4, -0.2) is 28.3 Å². The molecule has 8 heteroatoms. The number of pyridine rings is 1. The van der Waals surface area contributed by atoms with E-state index >= 15 is 0 Å². The molecule has 114 valence electrons. The molecular formula is C14H15N5O2S. The third kappa shape index (κ3) is 3.22. The first-order valence-corrected chi connectivity index (χ1v) is 7.76. The molecule has 1 aliphatic heterocycles. The van der Waals surface area contributed by atoms with Gasteiger partial charge in [0.1, 0.15) is 5.82 Å². The fourth-order valence-corrected chi connectivity index (χ4v) is 3.07. The molecule has 0 spiro atoms. The lowest BCUT2D eigenvalue weighted by atomic mass is 10.3. The summed E-state index contributed by atoms with van der Waals surface area (Å²) in [5, 5.41) is 5.21. The Balaban J connectivity index is 1.61. The van der Waals surface area contributed by atoms with Crippen molar-refractivity contribution in [1.82, 2.24) is 9.97 Å². The van der Waals surface area contributed by atoms with Crippen molar-refractivity contribution in [3.8, 4) is 0 Å². The Labute approximate surface area is 131 Å². The summed E-state index contributed by atoms with van der Waals surface area (Å²) in [5.41, 5.74) is 6.73. The number of hydrogen-bond donors (Lipinski definition) is 2. The molecule has 2 amide bonds. The molecule has 7 nitrogen and oxygen atoms in total. The molecule has 0 saturated carbocycles. The normalized spacial score (nSPS) is 14.4. The molecule has 0 aromatic carbocycles. The Kier molecular flexibility index (Phi) is 4.01. The molecule has 1 saturated heterocycles. The van der Waals surface area contributed by atoms with Gasteiger partial charge in [-0.3, -0.25) is 14.5 Å². The highest BCUT2D eigenvalue weighted by Gasteiger charge is 2.24. The van der Waals surface area contributed by atoms with Crippen LogP contribution in [0.2, 0.25) is 0 Å². The molecule has 0 atom stereocenters. The summed E-state index contributed by atoms with van der Waals surface area (Å²) in [6.07, 6.45) is 3.09. The van der Waals surface area contributed by atoms with Crippen LogP contribution in [-0.2, 0) is 16.0 Å². The number of anilines is 3. The number of amides is 2. The number of nitrogens with one attached hydrogen (secondary N) is 1. The van der Waals surface area contributed by atoms with Crippen molar-refractivity contribution < 1.29 is 9.59 Å². The molecule has 2 aromatic rings. The third-order valence-corrected chi connectivity index (χ3v) is 4.17. The second-order valence-corrected chi connectivity index (χ2v) is 5.80. The predicted octanol–water partition coefficient (Wildman–Crippen LogP) is 1.43. The van der Waals surface area contributed by atoms with Crippen molar-refractivity contribution in [2.24, 2.45) is 0 Å². The van der Waals surface area contributed by atoms with Gasteiger partial charge in [0.25, 0.3) is 0 Å². The summed E-state index contributed by atoms with van der Waals surface area (Å²) in [5.74, 6) is 0.312. The highest BCUT2D eigenvalue weighted by atomic mass is 32.1. The lowest BCUT2D eigenvalue weighted by Crippen LogP contribution is -2.23. The van der Waals surface area contributed by atoms with E-state index in [0.29, 0.717) is 35.3 Å². The Morgan fingerprint density at radius 3 is 3.00 bits per heavy atom. The van der Waals surface area contributed by atoms with E-state index in [0.717, 1.165) is 6.42 Å². The number of hydrogen-bond acceptors (Lipinski definition) is 6. The fraction of sp³-hybridized carbons (Fsp3) is 0.286. The van der Waals surface area contributed by atoms with E-state index in [2.05, 4.69) is 15.3 Å². The molecule has 3 rings (SSSR count). The maximum atomic E-state index is 12.0. The van der Waals surface area contributed by atoms with Crippen molar-refractivity contribution in [2.45, 2.75) is 19.3 Å². The SMILES string of the molecule is Nc1ccc(NC(=O)Cc2csc(N3CCCC3=O)n2)cn1. The number of nitrogens with two attached hydrogens (primary N) is 1. The Bertz CT molecular complexity index is 698. The first-order chi connectivity index (χ1) is 10.6. The monoisotopic (exact) mass is 317 g/mol. The van der Waals surface area contributed by atoms with Crippen LogP contribution in [0.1, 0.15) is 18.5 Å². The van der Waals surface area contributed by atoms with Crippen LogP contribution in [0.4, 0.5) is 16.6 Å². The average molecular weight is 317 g/mol. The summed E-state index contributed by atoms with van der Waals surface area (Å²) in [6.45, 7) is 0.703. The van der Waals surface area contributed by atoms with Crippen molar-refractivity contribution in [1.29, 1.82) is 0 Å². The van der Waals surface area contributed by atoms with Crippen LogP contribution < -0.4 is 16.0 Å². The zero-order valence-electron chi connectivity index (χ0n) is 11.8. The van der Waals surface area contributed by atoms with Gasteiger partial charge in [-0.1, -0.05) is 0 Å². The van der Waals surface area contributed by atoms with E-state index in [1.165, 1.54) is 17.5 Å². The minimum absolute atomic E-state index is 0.0956. The molecule has 2 aromatic heterocycles. The van der Waals surface area contributed by atoms with Gasteiger partial charge in [-0.15, -0.1) is 11.3 Å². The van der Waals surface area contributed by atoms with E-state index in [4.69, 9.17) is 5.73 Å². The lowest BCUT2D eigenvalue weighted by molar-refractivity contribution is -0.117. The van der Waals surface area contributed by atoms with Crippen LogP contribution >= 0.6 is 11.3 Å². The Hall–Kier alpha value is -2.48. The Morgan fingerprint density at radius 2 is 2.32 bits per heavy atom. The lowest BCUT2D eigenvalue weighted by Gasteiger charge is -2.10. The first-order valence-electron chi connectivity index (χ1n) is 6.88. The van der Waals surface area contributed by atoms with Crippen LogP contribution in [0.25, 0.3) is 0 Å². The Morgan fingerprint density at radius 1 is 1.45 bits per heavy atom. The van der Waals surface area contributed by atoms with Gasteiger partial charge in [0.15, 0.2) is 5.13 Å². The fourth-order valence-electron chi connectivity index (χ4n) is 2.20. The summed E-state index contributed by atoms with van der Waals surface area (Å²) >= 11 is 1.39. The zero-order chi connectivity index (χ0) is 15.5. The van der Waals surface area contributed by atoms with Crippen LogP contribution in [0.5, 0.6) is 0 Å². The van der Waals surface area contributed by atoms with Gasteiger partial charge in [-0.05, 0) is 18.6 Å². The summed E-state index contributed by atoms with van der Waals surface area (Å²) < 4.78 is 0. The average Bonchev–Trinajstić information content (AvgIpc) is 3.10. The maximum Gasteiger partial charge on any atom is 0.230 e. The number of nitrogens with zero attached hydrogens (tertiary/aromatic N) is 3. The van der Waals surface area contributed by atoms with E-state index < -0.39 is 0 Å². The van der Waals surface area contributed by atoms with E-state index in [1.54, 1.807) is 17.0 Å². The maximum absolute atomic E-state index is 12.0. The second-order valence-electron chi connectivity index (χ2n) is 4.97. The second kappa shape index (κ2) is 6.10. The third-order valence-electron chi connectivity index (χ3n) is 3.26. The summed E-state index contributed by atoms with van der Waals surface area (Å²) in [4.78, 5) is 33.6. The number of thiazole rings is 1. The number of nitrogen functional groups attached to an aromatic ring is 1. The van der Waals surface area contributed by atoms with Crippen LogP contribution in [0.15, 0.2) is 23.7 Å². The van der Waals surface area contributed by atoms with Crippen molar-refractivity contribution in [2.75, 3.05) is 22.5 Å². The van der Waals surface area contributed by atoms with Gasteiger partial charge in [0, 0.05) is 18.3 Å². The van der Waals surface area contributed by atoms with Crippen LogP contribution in [0.3, 0.4) is 0 Å². The molecule has 0 radical (unpaired) electrons. The number of aromatic nitrogens is 2. The minimum atomic E-state index is -0.184. The van der Waals surface area contributed by atoms with Gasteiger partial charge in [0.2, 0.25) is 11.8 Å². The molecule has 1 aliphatic rings. The molecule has 3 N–H and O–H groups in total. The predicted molar refractivity (Wildman–Crippen MR) is 84.7 cm³/mol. The van der Waals surface area contributed by atoms with Crippen molar-refractivity contribution >= 4 is 39.8 Å². The summed E-state index contributed by atoms with van der Waals surface area (Å²) in [6, 6.07) is 3.31. The quantitative estimate of drug-likeness (QED) is 0.888. The molecule has 3 heterocycles. The minimum Gasteiger partial charge on any atom is -0.384 e. The van der Waals surface area contributed by atoms with Gasteiger partial charge >= 0.3 is 0 Å².